The van der Waals surface area contributed by atoms with Crippen LogP contribution in [0, 0.1) is 6.08 Å². The SMILES string of the molecule is O=P(O)(O)O[C@H]1[C@@H](O)[C@H](n2cnc3c(O)nc(F)nc32)O[C@@H]1CO. The summed E-state index contributed by atoms with van der Waals surface area (Å²) in [7, 11) is -4.97. The van der Waals surface area contributed by atoms with E-state index in [9.17, 15) is 24.3 Å². The number of aromatic hydroxyl groups is 1. The topological polar surface area (TPSA) is 180 Å². The minimum absolute atomic E-state index is 0.174. The zero-order chi connectivity index (χ0) is 17.6. The summed E-state index contributed by atoms with van der Waals surface area (Å²) in [6, 6.07) is 0. The number of phosphoric acid groups is 1. The Kier molecular flexibility index (Phi) is 4.25. The molecule has 2 aromatic heterocycles. The maximum Gasteiger partial charge on any atom is 0.470 e. The largest absolute Gasteiger partial charge is 0.492 e. The Labute approximate surface area is 132 Å². The smallest absolute Gasteiger partial charge is 0.470 e. The number of imidazole rings is 1. The fourth-order valence-corrected chi connectivity index (χ4v) is 3.02. The van der Waals surface area contributed by atoms with Gasteiger partial charge in [0.1, 0.15) is 18.3 Å². The number of halogens is 1. The molecule has 3 heterocycles. The summed E-state index contributed by atoms with van der Waals surface area (Å²) in [6.45, 7) is -0.709. The van der Waals surface area contributed by atoms with Gasteiger partial charge >= 0.3 is 13.9 Å². The van der Waals surface area contributed by atoms with Crippen molar-refractivity contribution >= 4 is 19.0 Å². The van der Waals surface area contributed by atoms with Crippen LogP contribution < -0.4 is 0 Å². The molecular formula is C10H12FN4O8P. The fraction of sp³-hybridized carbons (Fsp3) is 0.500. The van der Waals surface area contributed by atoms with E-state index in [1.165, 1.54) is 0 Å². The average molecular weight is 366 g/mol. The molecule has 1 saturated heterocycles. The van der Waals surface area contributed by atoms with Crippen LogP contribution in [0.1, 0.15) is 6.23 Å². The summed E-state index contributed by atoms with van der Waals surface area (Å²) in [6.07, 6.45) is -6.02. The van der Waals surface area contributed by atoms with Gasteiger partial charge < -0.3 is 29.8 Å². The fourth-order valence-electron chi connectivity index (χ4n) is 2.45. The highest BCUT2D eigenvalue weighted by molar-refractivity contribution is 7.46. The molecule has 0 radical (unpaired) electrons. The summed E-state index contributed by atoms with van der Waals surface area (Å²) in [4.78, 5) is 28.1. The monoisotopic (exact) mass is 366 g/mol. The van der Waals surface area contributed by atoms with Crippen molar-refractivity contribution in [2.24, 2.45) is 0 Å². The molecule has 0 spiro atoms. The number of aliphatic hydroxyl groups excluding tert-OH is 2. The van der Waals surface area contributed by atoms with Crippen LogP contribution in [0.3, 0.4) is 0 Å². The summed E-state index contributed by atoms with van der Waals surface area (Å²) in [5.74, 6) is -0.731. The zero-order valence-electron chi connectivity index (χ0n) is 11.7. The number of fused-ring (bicyclic) bond motifs is 1. The predicted molar refractivity (Wildman–Crippen MR) is 70.9 cm³/mol. The maximum atomic E-state index is 13.3. The van der Waals surface area contributed by atoms with Crippen LogP contribution in [0.5, 0.6) is 5.88 Å². The third-order valence-electron chi connectivity index (χ3n) is 3.40. The van der Waals surface area contributed by atoms with E-state index in [0.717, 1.165) is 10.9 Å². The molecule has 0 amide bonds. The van der Waals surface area contributed by atoms with E-state index in [1.54, 1.807) is 0 Å². The van der Waals surface area contributed by atoms with E-state index < -0.39 is 50.9 Å². The first kappa shape index (κ1) is 17.1. The molecule has 0 bridgehead atoms. The zero-order valence-corrected chi connectivity index (χ0v) is 12.6. The molecule has 0 aromatic carbocycles. The van der Waals surface area contributed by atoms with Crippen LogP contribution in [0.15, 0.2) is 6.33 Å². The van der Waals surface area contributed by atoms with E-state index in [0.29, 0.717) is 0 Å². The molecule has 132 valence electrons. The van der Waals surface area contributed by atoms with Gasteiger partial charge in [-0.05, 0) is 0 Å². The normalized spacial score (nSPS) is 27.9. The Balaban J connectivity index is 2.00. The molecule has 0 aliphatic carbocycles. The number of hydrogen-bond acceptors (Lipinski definition) is 9. The minimum atomic E-state index is -4.97. The highest BCUT2D eigenvalue weighted by Gasteiger charge is 2.48. The summed E-state index contributed by atoms with van der Waals surface area (Å²) in [5.41, 5.74) is -0.398. The molecule has 24 heavy (non-hydrogen) atoms. The van der Waals surface area contributed by atoms with E-state index in [1.807, 2.05) is 0 Å². The Morgan fingerprint density at radius 2 is 2.12 bits per heavy atom. The van der Waals surface area contributed by atoms with Crippen LogP contribution >= 0.6 is 7.82 Å². The van der Waals surface area contributed by atoms with E-state index in [4.69, 9.17) is 14.5 Å². The molecule has 1 aliphatic heterocycles. The second-order valence-corrected chi connectivity index (χ2v) is 6.13. The van der Waals surface area contributed by atoms with Gasteiger partial charge in [0.05, 0.1) is 12.9 Å². The first-order chi connectivity index (χ1) is 11.2. The first-order valence-electron chi connectivity index (χ1n) is 6.48. The lowest BCUT2D eigenvalue weighted by atomic mass is 10.1. The average Bonchev–Trinajstić information content (AvgIpc) is 3.00. The van der Waals surface area contributed by atoms with Gasteiger partial charge in [-0.2, -0.15) is 14.4 Å². The number of aliphatic hydroxyl groups is 2. The van der Waals surface area contributed by atoms with Crippen molar-refractivity contribution in [3.63, 3.8) is 0 Å². The van der Waals surface area contributed by atoms with Crippen molar-refractivity contribution in [3.8, 4) is 5.88 Å². The van der Waals surface area contributed by atoms with Crippen molar-refractivity contribution in [1.82, 2.24) is 19.5 Å². The molecule has 0 saturated carbocycles. The van der Waals surface area contributed by atoms with Crippen molar-refractivity contribution in [1.29, 1.82) is 0 Å². The van der Waals surface area contributed by atoms with Crippen molar-refractivity contribution < 1.29 is 43.3 Å². The van der Waals surface area contributed by atoms with Gasteiger partial charge in [0.25, 0.3) is 0 Å². The number of phosphoric ester groups is 1. The van der Waals surface area contributed by atoms with Crippen LogP contribution in [0.25, 0.3) is 11.2 Å². The lowest BCUT2D eigenvalue weighted by molar-refractivity contribution is -0.0509. The Morgan fingerprint density at radius 1 is 1.42 bits per heavy atom. The van der Waals surface area contributed by atoms with E-state index in [2.05, 4.69) is 19.5 Å². The highest BCUT2D eigenvalue weighted by atomic mass is 31.2. The van der Waals surface area contributed by atoms with Crippen LogP contribution in [-0.4, -0.2) is 69.5 Å². The molecule has 1 aliphatic rings. The van der Waals surface area contributed by atoms with Gasteiger partial charge in [-0.3, -0.25) is 9.09 Å². The summed E-state index contributed by atoms with van der Waals surface area (Å²) < 4.78 is 35.0. The molecule has 5 N–H and O–H groups in total. The second kappa shape index (κ2) is 5.97. The van der Waals surface area contributed by atoms with Crippen LogP contribution in [-0.2, 0) is 13.8 Å². The molecule has 14 heteroatoms. The number of aromatic nitrogens is 4. The lowest BCUT2D eigenvalue weighted by Crippen LogP contribution is -2.35. The number of rotatable bonds is 4. The van der Waals surface area contributed by atoms with Crippen molar-refractivity contribution in [2.45, 2.75) is 24.5 Å². The third kappa shape index (κ3) is 2.98. The Morgan fingerprint density at radius 3 is 2.75 bits per heavy atom. The number of hydrogen-bond donors (Lipinski definition) is 5. The van der Waals surface area contributed by atoms with Gasteiger partial charge in [0.15, 0.2) is 17.4 Å². The highest BCUT2D eigenvalue weighted by Crippen LogP contribution is 2.44. The second-order valence-electron chi connectivity index (χ2n) is 4.94. The lowest BCUT2D eigenvalue weighted by Gasteiger charge is -2.19. The molecule has 1 fully saturated rings. The Hall–Kier alpha value is -1.73. The van der Waals surface area contributed by atoms with Gasteiger partial charge in [-0.25, -0.2) is 9.55 Å². The summed E-state index contributed by atoms with van der Waals surface area (Å²) >= 11 is 0. The van der Waals surface area contributed by atoms with Crippen LogP contribution in [0.4, 0.5) is 4.39 Å². The molecule has 12 nitrogen and oxygen atoms in total. The molecule has 3 rings (SSSR count). The number of ether oxygens (including phenoxy) is 1. The van der Waals surface area contributed by atoms with E-state index >= 15 is 0 Å². The molecule has 4 atom stereocenters. The Bertz CT molecular complexity index is 811. The van der Waals surface area contributed by atoms with Crippen LogP contribution in [0.2, 0.25) is 0 Å². The van der Waals surface area contributed by atoms with Gasteiger partial charge in [0, 0.05) is 0 Å². The molecule has 0 unspecified atom stereocenters. The van der Waals surface area contributed by atoms with Gasteiger partial charge in [0.2, 0.25) is 5.88 Å². The third-order valence-corrected chi connectivity index (χ3v) is 3.92. The maximum absolute atomic E-state index is 13.3. The quantitative estimate of drug-likeness (QED) is 0.310. The van der Waals surface area contributed by atoms with Gasteiger partial charge in [-0.15, -0.1) is 0 Å². The predicted octanol–water partition coefficient (Wildman–Crippen LogP) is -1.60. The van der Waals surface area contributed by atoms with Crippen molar-refractivity contribution in [3.05, 3.63) is 12.4 Å². The summed E-state index contributed by atoms with van der Waals surface area (Å²) in [5, 5.41) is 29.0. The number of nitrogens with zero attached hydrogens (tertiary/aromatic N) is 4. The molecular weight excluding hydrogens is 354 g/mol. The van der Waals surface area contributed by atoms with E-state index in [-0.39, 0.29) is 11.2 Å². The van der Waals surface area contributed by atoms with Crippen molar-refractivity contribution in [2.75, 3.05) is 6.61 Å². The molecule has 2 aromatic rings. The van der Waals surface area contributed by atoms with Gasteiger partial charge in [-0.1, -0.05) is 0 Å². The minimum Gasteiger partial charge on any atom is -0.492 e. The first-order valence-corrected chi connectivity index (χ1v) is 8.01. The standard InChI is InChI=1S/C10H12FN4O8P/c11-10-13-7-4(8(18)14-10)12-2-15(7)9-5(17)6(3(1-16)22-9)23-24(19,20)21/h2-3,5-6,9,16-17H,1H2,(H,13,14,18)(H2,19,20,21)/t3-,5-,6-,9-/m1/s1.